The first-order valence-electron chi connectivity index (χ1n) is 12.6. The minimum Gasteiger partial charge on any atom is -0.488 e. The summed E-state index contributed by atoms with van der Waals surface area (Å²) in [5, 5.41) is 5.69. The number of rotatable bonds is 12. The summed E-state index contributed by atoms with van der Waals surface area (Å²) in [6.45, 7) is 4.79. The number of guanidine groups is 1. The lowest BCUT2D eigenvalue weighted by atomic mass is 10.1. The fourth-order valence-corrected chi connectivity index (χ4v) is 3.66. The van der Waals surface area contributed by atoms with Crippen LogP contribution in [0.1, 0.15) is 41.8 Å². The normalized spacial score (nSPS) is 11.5. The summed E-state index contributed by atoms with van der Waals surface area (Å²) in [7, 11) is 0. The molecule has 0 aliphatic rings. The van der Waals surface area contributed by atoms with Crippen LogP contribution in [0, 0.1) is 11.7 Å². The van der Waals surface area contributed by atoms with Crippen molar-refractivity contribution in [3.63, 3.8) is 0 Å². The molecule has 9 nitrogen and oxygen atoms in total. The number of nitrogens with zero attached hydrogens (tertiary/aromatic N) is 1. The van der Waals surface area contributed by atoms with E-state index < -0.39 is 11.9 Å². The molecule has 3 aromatic rings. The van der Waals surface area contributed by atoms with Gasteiger partial charge in [0.05, 0.1) is 17.3 Å². The van der Waals surface area contributed by atoms with Gasteiger partial charge in [0.15, 0.2) is 5.96 Å². The van der Waals surface area contributed by atoms with Gasteiger partial charge in [-0.05, 0) is 66.3 Å². The average Bonchev–Trinajstić information content (AvgIpc) is 2.89. The Kier molecular flexibility index (Phi) is 10.4. The Labute approximate surface area is 227 Å². The lowest BCUT2D eigenvalue weighted by Gasteiger charge is -2.16. The first-order chi connectivity index (χ1) is 18.6. The van der Waals surface area contributed by atoms with Crippen LogP contribution in [0.15, 0.2) is 71.7 Å². The van der Waals surface area contributed by atoms with Gasteiger partial charge in [-0.2, -0.15) is 0 Å². The highest BCUT2D eigenvalue weighted by Gasteiger charge is 2.18. The van der Waals surface area contributed by atoms with E-state index in [0.717, 1.165) is 17.5 Å². The van der Waals surface area contributed by atoms with Crippen molar-refractivity contribution in [2.24, 2.45) is 28.1 Å². The van der Waals surface area contributed by atoms with Gasteiger partial charge in [-0.15, -0.1) is 0 Å². The standard InChI is InChI=1S/C29H35FN6O3/c1-18(2)13-14-34-27(37)24-12-11-23(16-26(24)39-17-20-3-7-21(30)8-4-20)35-28(38)25(31)15-19-5-9-22(10-6-19)36-29(32)33/h3-12,16,18,25H,13-15,17,31H2,1-2H3,(H,34,37)(H,35,38)(H4,32,33,36)/t25-/m0/s1. The molecule has 0 unspecified atom stereocenters. The van der Waals surface area contributed by atoms with Crippen molar-refractivity contribution >= 4 is 29.1 Å². The highest BCUT2D eigenvalue weighted by molar-refractivity contribution is 5.99. The second-order valence-corrected chi connectivity index (χ2v) is 9.57. The predicted molar refractivity (Wildman–Crippen MR) is 151 cm³/mol. The number of aliphatic imine (C=N–C) groups is 1. The zero-order valence-electron chi connectivity index (χ0n) is 22.1. The minimum absolute atomic E-state index is 0.0427. The zero-order chi connectivity index (χ0) is 28.4. The summed E-state index contributed by atoms with van der Waals surface area (Å²) in [5.41, 5.74) is 19.8. The van der Waals surface area contributed by atoms with Crippen molar-refractivity contribution in [1.82, 2.24) is 5.32 Å². The van der Waals surface area contributed by atoms with Crippen molar-refractivity contribution in [2.75, 3.05) is 11.9 Å². The van der Waals surface area contributed by atoms with Gasteiger partial charge in [0.2, 0.25) is 5.91 Å². The molecule has 10 heteroatoms. The van der Waals surface area contributed by atoms with E-state index in [1.54, 1.807) is 54.6 Å². The number of halogens is 1. The van der Waals surface area contributed by atoms with Crippen LogP contribution in [0.2, 0.25) is 0 Å². The van der Waals surface area contributed by atoms with Gasteiger partial charge in [-0.1, -0.05) is 38.1 Å². The van der Waals surface area contributed by atoms with Crippen LogP contribution in [0.5, 0.6) is 5.75 Å². The molecule has 0 saturated heterocycles. The third-order valence-corrected chi connectivity index (χ3v) is 5.80. The summed E-state index contributed by atoms with van der Waals surface area (Å²) in [4.78, 5) is 29.7. The number of hydrogen-bond acceptors (Lipinski definition) is 5. The van der Waals surface area contributed by atoms with Crippen LogP contribution in [0.25, 0.3) is 0 Å². The third-order valence-electron chi connectivity index (χ3n) is 5.80. The molecule has 39 heavy (non-hydrogen) atoms. The smallest absolute Gasteiger partial charge is 0.255 e. The predicted octanol–water partition coefficient (Wildman–Crippen LogP) is 3.59. The highest BCUT2D eigenvalue weighted by Crippen LogP contribution is 2.25. The van der Waals surface area contributed by atoms with Gasteiger partial charge in [0, 0.05) is 18.3 Å². The number of amides is 2. The van der Waals surface area contributed by atoms with Crippen LogP contribution >= 0.6 is 0 Å². The molecule has 0 heterocycles. The van der Waals surface area contributed by atoms with Crippen molar-refractivity contribution < 1.29 is 18.7 Å². The van der Waals surface area contributed by atoms with Crippen molar-refractivity contribution in [3.05, 3.63) is 89.2 Å². The molecule has 3 rings (SSSR count). The van der Waals surface area contributed by atoms with E-state index in [4.69, 9.17) is 21.9 Å². The first kappa shape index (κ1) is 29.1. The number of benzene rings is 3. The Balaban J connectivity index is 1.71. The molecule has 0 saturated carbocycles. The molecule has 0 fully saturated rings. The van der Waals surface area contributed by atoms with Crippen LogP contribution < -0.4 is 32.6 Å². The van der Waals surface area contributed by atoms with Gasteiger partial charge in [-0.25, -0.2) is 9.38 Å². The van der Waals surface area contributed by atoms with E-state index in [0.29, 0.717) is 29.4 Å². The van der Waals surface area contributed by atoms with E-state index in [2.05, 4.69) is 29.5 Å². The van der Waals surface area contributed by atoms with Crippen molar-refractivity contribution in [2.45, 2.75) is 39.3 Å². The monoisotopic (exact) mass is 534 g/mol. The maximum atomic E-state index is 13.3. The lowest BCUT2D eigenvalue weighted by Crippen LogP contribution is -2.37. The lowest BCUT2D eigenvalue weighted by molar-refractivity contribution is -0.117. The number of anilines is 1. The van der Waals surface area contributed by atoms with Crippen LogP contribution in [-0.4, -0.2) is 30.4 Å². The molecule has 0 aliphatic carbocycles. The van der Waals surface area contributed by atoms with Crippen LogP contribution in [0.3, 0.4) is 0 Å². The Hall–Kier alpha value is -4.44. The molecular weight excluding hydrogens is 499 g/mol. The fourth-order valence-electron chi connectivity index (χ4n) is 3.66. The van der Waals surface area contributed by atoms with E-state index in [-0.39, 0.29) is 36.5 Å². The summed E-state index contributed by atoms with van der Waals surface area (Å²) >= 11 is 0. The maximum absolute atomic E-state index is 13.3. The van der Waals surface area contributed by atoms with Crippen LogP contribution in [-0.2, 0) is 17.8 Å². The van der Waals surface area contributed by atoms with E-state index in [1.807, 2.05) is 0 Å². The average molecular weight is 535 g/mol. The number of carbonyl (C=O) groups is 2. The topological polar surface area (TPSA) is 158 Å². The number of nitrogens with one attached hydrogen (secondary N) is 2. The van der Waals surface area contributed by atoms with Gasteiger partial charge >= 0.3 is 0 Å². The molecule has 0 spiro atoms. The molecule has 2 amide bonds. The molecule has 0 aromatic heterocycles. The molecule has 0 aliphatic heterocycles. The van der Waals surface area contributed by atoms with E-state index in [1.165, 1.54) is 12.1 Å². The Morgan fingerprint density at radius 3 is 2.28 bits per heavy atom. The summed E-state index contributed by atoms with van der Waals surface area (Å²) < 4.78 is 19.2. The number of nitrogens with two attached hydrogens (primary N) is 3. The molecule has 206 valence electrons. The first-order valence-corrected chi connectivity index (χ1v) is 12.6. The van der Waals surface area contributed by atoms with Gasteiger partial charge in [0.25, 0.3) is 5.91 Å². The Morgan fingerprint density at radius 1 is 0.974 bits per heavy atom. The van der Waals surface area contributed by atoms with E-state index >= 15 is 0 Å². The second-order valence-electron chi connectivity index (χ2n) is 9.57. The van der Waals surface area contributed by atoms with Crippen molar-refractivity contribution in [1.29, 1.82) is 0 Å². The SMILES string of the molecule is CC(C)CCNC(=O)c1ccc(NC(=O)[C@@H](N)Cc2ccc(N=C(N)N)cc2)cc1OCc1ccc(F)cc1. The van der Waals surface area contributed by atoms with Gasteiger partial charge < -0.3 is 32.6 Å². The molecule has 1 atom stereocenters. The third kappa shape index (κ3) is 9.42. The molecule has 0 radical (unpaired) electrons. The highest BCUT2D eigenvalue weighted by atomic mass is 19.1. The second kappa shape index (κ2) is 13.9. The summed E-state index contributed by atoms with van der Waals surface area (Å²) in [5.74, 6) is -0.361. The number of carbonyl (C=O) groups excluding carboxylic acids is 2. The molecular formula is C29H35FN6O3. The number of hydrogen-bond donors (Lipinski definition) is 5. The Bertz CT molecular complexity index is 1290. The largest absolute Gasteiger partial charge is 0.488 e. The van der Waals surface area contributed by atoms with Gasteiger partial charge in [0.1, 0.15) is 18.2 Å². The Morgan fingerprint density at radius 2 is 1.64 bits per heavy atom. The fraction of sp³-hybridized carbons (Fsp3) is 0.276. The molecule has 3 aromatic carbocycles. The summed E-state index contributed by atoms with van der Waals surface area (Å²) in [6.07, 6.45) is 1.12. The van der Waals surface area contributed by atoms with E-state index in [9.17, 15) is 14.0 Å². The summed E-state index contributed by atoms with van der Waals surface area (Å²) in [6, 6.07) is 16.9. The minimum atomic E-state index is -0.832. The quantitative estimate of drug-likeness (QED) is 0.176. The zero-order valence-corrected chi connectivity index (χ0v) is 22.1. The molecule has 8 N–H and O–H groups in total. The van der Waals surface area contributed by atoms with Crippen molar-refractivity contribution in [3.8, 4) is 5.75 Å². The number of ether oxygens (including phenoxy) is 1. The molecule has 0 bridgehead atoms. The van der Waals surface area contributed by atoms with Crippen LogP contribution in [0.4, 0.5) is 15.8 Å². The van der Waals surface area contributed by atoms with Gasteiger partial charge in [-0.3, -0.25) is 9.59 Å². The maximum Gasteiger partial charge on any atom is 0.255 e.